The summed E-state index contributed by atoms with van der Waals surface area (Å²) >= 11 is 1.49. The first-order valence-corrected chi connectivity index (χ1v) is 10.5. The number of aliphatic hydroxyl groups is 1. The summed E-state index contributed by atoms with van der Waals surface area (Å²) in [6, 6.07) is 17.5. The van der Waals surface area contributed by atoms with Gasteiger partial charge >= 0.3 is 0 Å². The Morgan fingerprint density at radius 2 is 1.67 bits per heavy atom. The summed E-state index contributed by atoms with van der Waals surface area (Å²) in [5.41, 5.74) is 5.96. The lowest BCUT2D eigenvalue weighted by Crippen LogP contribution is -2.16. The van der Waals surface area contributed by atoms with Crippen LogP contribution in [-0.2, 0) is 13.2 Å². The van der Waals surface area contributed by atoms with E-state index in [0.717, 1.165) is 22.8 Å². The third-order valence-electron chi connectivity index (χ3n) is 5.15. The Balaban J connectivity index is 1.66. The molecule has 0 amide bonds. The van der Waals surface area contributed by atoms with E-state index < -0.39 is 0 Å². The maximum absolute atomic E-state index is 9.17. The Labute approximate surface area is 166 Å². The van der Waals surface area contributed by atoms with Crippen LogP contribution in [0.4, 0.5) is 5.69 Å². The number of thiazole rings is 1. The van der Waals surface area contributed by atoms with Gasteiger partial charge < -0.3 is 10.0 Å². The molecule has 1 aromatic heterocycles. The van der Waals surface area contributed by atoms with Crippen molar-refractivity contribution >= 4 is 17.0 Å². The Kier molecular flexibility index (Phi) is 6.64. The van der Waals surface area contributed by atoms with Gasteiger partial charge in [0.15, 0.2) is 0 Å². The molecule has 0 radical (unpaired) electrons. The van der Waals surface area contributed by atoms with Crippen molar-refractivity contribution in [3.05, 3.63) is 70.0 Å². The lowest BCUT2D eigenvalue weighted by atomic mass is 9.94. The molecule has 27 heavy (non-hydrogen) atoms. The summed E-state index contributed by atoms with van der Waals surface area (Å²) < 4.78 is 0. The van der Waals surface area contributed by atoms with Crippen LogP contribution in [0, 0.1) is 0 Å². The molecule has 3 rings (SSSR count). The Morgan fingerprint density at radius 1 is 1.00 bits per heavy atom. The van der Waals surface area contributed by atoms with Crippen LogP contribution in [-0.4, -0.2) is 17.1 Å². The number of aliphatic hydroxyl groups excluding tert-OH is 1. The third kappa shape index (κ3) is 4.76. The Morgan fingerprint density at radius 3 is 2.22 bits per heavy atom. The van der Waals surface area contributed by atoms with Crippen LogP contribution < -0.4 is 4.90 Å². The average molecular weight is 381 g/mol. The molecule has 0 saturated heterocycles. The molecule has 1 N–H and O–H groups in total. The van der Waals surface area contributed by atoms with E-state index in [1.165, 1.54) is 41.0 Å². The van der Waals surface area contributed by atoms with Crippen molar-refractivity contribution in [1.29, 1.82) is 0 Å². The number of nitrogens with zero attached hydrogens (tertiary/aromatic N) is 2. The third-order valence-corrected chi connectivity index (χ3v) is 5.98. The quantitative estimate of drug-likeness (QED) is 0.533. The normalized spacial score (nSPS) is 11.1. The van der Waals surface area contributed by atoms with Crippen molar-refractivity contribution < 1.29 is 5.11 Å². The van der Waals surface area contributed by atoms with E-state index in [4.69, 9.17) is 5.11 Å². The van der Waals surface area contributed by atoms with E-state index in [2.05, 4.69) is 79.3 Å². The zero-order chi connectivity index (χ0) is 19.2. The molecule has 0 aliphatic carbocycles. The van der Waals surface area contributed by atoms with E-state index in [9.17, 15) is 0 Å². The Bertz CT molecular complexity index is 836. The van der Waals surface area contributed by atoms with Gasteiger partial charge in [0.25, 0.3) is 0 Å². The Hall–Kier alpha value is -2.17. The van der Waals surface area contributed by atoms with Crippen molar-refractivity contribution in [2.75, 3.05) is 11.9 Å². The van der Waals surface area contributed by atoms with Crippen LogP contribution in [0.2, 0.25) is 0 Å². The summed E-state index contributed by atoms with van der Waals surface area (Å²) in [5, 5.41) is 11.9. The summed E-state index contributed by atoms with van der Waals surface area (Å²) in [7, 11) is 2.13. The van der Waals surface area contributed by atoms with Gasteiger partial charge in [-0.2, -0.15) is 0 Å². The SMILES string of the molecule is CCC(CC)c1ccc(N(C)Cc2ccc(-c3csc(CO)n3)cc2)cc1. The number of hydrogen-bond donors (Lipinski definition) is 1. The van der Waals surface area contributed by atoms with E-state index >= 15 is 0 Å². The highest BCUT2D eigenvalue weighted by atomic mass is 32.1. The molecule has 0 aliphatic heterocycles. The van der Waals surface area contributed by atoms with Gasteiger partial charge in [0.2, 0.25) is 0 Å². The first kappa shape index (κ1) is 19.6. The van der Waals surface area contributed by atoms with Gasteiger partial charge in [0.1, 0.15) is 5.01 Å². The molecular formula is C23H28N2OS. The molecule has 0 bridgehead atoms. The van der Waals surface area contributed by atoms with Gasteiger partial charge in [-0.3, -0.25) is 0 Å². The average Bonchev–Trinajstić information content (AvgIpc) is 3.19. The number of anilines is 1. The predicted octanol–water partition coefficient (Wildman–Crippen LogP) is 5.84. The van der Waals surface area contributed by atoms with Crippen LogP contribution in [0.1, 0.15) is 48.7 Å². The zero-order valence-corrected chi connectivity index (χ0v) is 17.2. The summed E-state index contributed by atoms with van der Waals surface area (Å²) in [4.78, 5) is 6.71. The molecule has 0 saturated carbocycles. The molecule has 0 unspecified atom stereocenters. The first-order chi connectivity index (χ1) is 13.1. The second kappa shape index (κ2) is 9.16. The van der Waals surface area contributed by atoms with Crippen LogP contribution >= 0.6 is 11.3 Å². The van der Waals surface area contributed by atoms with Gasteiger partial charge in [0, 0.05) is 30.2 Å². The molecule has 142 valence electrons. The maximum Gasteiger partial charge on any atom is 0.119 e. The molecule has 0 spiro atoms. The molecular weight excluding hydrogens is 352 g/mol. The molecule has 4 heteroatoms. The lowest BCUT2D eigenvalue weighted by molar-refractivity contribution is 0.281. The second-order valence-corrected chi connectivity index (χ2v) is 7.89. The molecule has 2 aromatic carbocycles. The smallest absolute Gasteiger partial charge is 0.119 e. The molecule has 3 nitrogen and oxygen atoms in total. The monoisotopic (exact) mass is 380 g/mol. The van der Waals surface area contributed by atoms with Crippen molar-refractivity contribution in [3.63, 3.8) is 0 Å². The van der Waals surface area contributed by atoms with Crippen LogP contribution in [0.25, 0.3) is 11.3 Å². The predicted molar refractivity (Wildman–Crippen MR) is 115 cm³/mol. The highest BCUT2D eigenvalue weighted by molar-refractivity contribution is 7.09. The lowest BCUT2D eigenvalue weighted by Gasteiger charge is -2.21. The van der Waals surface area contributed by atoms with Gasteiger partial charge in [-0.05, 0) is 42.0 Å². The van der Waals surface area contributed by atoms with E-state index in [0.29, 0.717) is 5.92 Å². The van der Waals surface area contributed by atoms with Crippen LogP contribution in [0.5, 0.6) is 0 Å². The molecule has 0 aliphatic rings. The van der Waals surface area contributed by atoms with Crippen LogP contribution in [0.15, 0.2) is 53.9 Å². The maximum atomic E-state index is 9.17. The number of hydrogen-bond acceptors (Lipinski definition) is 4. The standard InChI is InChI=1S/C23H28N2OS/c1-4-18(5-2)19-10-12-21(13-11-19)25(3)14-17-6-8-20(9-7-17)22-16-27-23(15-26)24-22/h6-13,16,18,26H,4-5,14-15H2,1-3H3. The fraction of sp³-hybridized carbons (Fsp3) is 0.348. The van der Waals surface area contributed by atoms with Gasteiger partial charge in [-0.25, -0.2) is 4.98 Å². The van der Waals surface area contributed by atoms with Crippen molar-refractivity contribution in [2.24, 2.45) is 0 Å². The fourth-order valence-corrected chi connectivity index (χ4v) is 4.09. The molecule has 0 atom stereocenters. The van der Waals surface area contributed by atoms with Crippen molar-refractivity contribution in [3.8, 4) is 11.3 Å². The number of aromatic nitrogens is 1. The van der Waals surface area contributed by atoms with Gasteiger partial charge in [0.05, 0.1) is 12.3 Å². The molecule has 3 aromatic rings. The highest BCUT2D eigenvalue weighted by Gasteiger charge is 2.09. The largest absolute Gasteiger partial charge is 0.389 e. The zero-order valence-electron chi connectivity index (χ0n) is 16.4. The molecule has 1 heterocycles. The van der Waals surface area contributed by atoms with Crippen molar-refractivity contribution in [2.45, 2.75) is 45.8 Å². The molecule has 0 fully saturated rings. The number of rotatable bonds is 8. The van der Waals surface area contributed by atoms with E-state index in [-0.39, 0.29) is 6.61 Å². The fourth-order valence-electron chi connectivity index (χ4n) is 3.42. The minimum atomic E-state index is 0.00357. The number of benzene rings is 2. The second-order valence-electron chi connectivity index (χ2n) is 6.94. The topological polar surface area (TPSA) is 36.4 Å². The van der Waals surface area contributed by atoms with Crippen molar-refractivity contribution in [1.82, 2.24) is 4.98 Å². The van der Waals surface area contributed by atoms with E-state index in [1.54, 1.807) is 0 Å². The minimum absolute atomic E-state index is 0.00357. The minimum Gasteiger partial charge on any atom is -0.389 e. The first-order valence-electron chi connectivity index (χ1n) is 9.60. The van der Waals surface area contributed by atoms with Gasteiger partial charge in [-0.1, -0.05) is 50.2 Å². The van der Waals surface area contributed by atoms with Gasteiger partial charge in [-0.15, -0.1) is 11.3 Å². The highest BCUT2D eigenvalue weighted by Crippen LogP contribution is 2.26. The van der Waals surface area contributed by atoms with Crippen LogP contribution in [0.3, 0.4) is 0 Å². The van der Waals surface area contributed by atoms with E-state index in [1.807, 2.05) is 5.38 Å². The summed E-state index contributed by atoms with van der Waals surface area (Å²) in [5.74, 6) is 0.661. The summed E-state index contributed by atoms with van der Waals surface area (Å²) in [6.45, 7) is 5.38. The summed E-state index contributed by atoms with van der Waals surface area (Å²) in [6.07, 6.45) is 2.38.